The minimum Gasteiger partial charge on any atom is -0.339 e. The van der Waals surface area contributed by atoms with E-state index in [2.05, 4.69) is 41.4 Å². The van der Waals surface area contributed by atoms with Gasteiger partial charge in [0.15, 0.2) is 0 Å². The Morgan fingerprint density at radius 3 is 2.81 bits per heavy atom. The number of amides is 1. The molecule has 0 radical (unpaired) electrons. The topological polar surface area (TPSA) is 35.6 Å². The van der Waals surface area contributed by atoms with E-state index in [0.29, 0.717) is 0 Å². The van der Waals surface area contributed by atoms with Gasteiger partial charge in [0.2, 0.25) is 5.91 Å². The number of hydrogen-bond acceptors (Lipinski definition) is 4. The van der Waals surface area contributed by atoms with Crippen LogP contribution in [0.3, 0.4) is 0 Å². The van der Waals surface area contributed by atoms with E-state index in [1.165, 1.54) is 11.1 Å². The zero-order valence-electron chi connectivity index (χ0n) is 12.5. The molecule has 1 aromatic carbocycles. The zero-order chi connectivity index (χ0) is 14.7. The van der Waals surface area contributed by atoms with Crippen LogP contribution in [-0.4, -0.2) is 59.6 Å². The van der Waals surface area contributed by atoms with Gasteiger partial charge in [-0.05, 0) is 12.5 Å². The number of piperazine rings is 1. The third kappa shape index (κ3) is 3.78. The van der Waals surface area contributed by atoms with Crippen LogP contribution in [0, 0.1) is 6.92 Å². The molecule has 2 saturated heterocycles. The lowest BCUT2D eigenvalue weighted by atomic mass is 10.1. The summed E-state index contributed by atoms with van der Waals surface area (Å²) in [6.07, 6.45) is 0. The predicted molar refractivity (Wildman–Crippen MR) is 87.3 cm³/mol. The van der Waals surface area contributed by atoms with Crippen LogP contribution < -0.4 is 5.32 Å². The second-order valence-corrected chi connectivity index (χ2v) is 6.89. The lowest BCUT2D eigenvalue weighted by molar-refractivity contribution is -0.134. The molecule has 1 amide bonds. The molecule has 2 aliphatic rings. The summed E-state index contributed by atoms with van der Waals surface area (Å²) in [6.45, 7) is 6.77. The Bertz CT molecular complexity index is 494. The standard InChI is InChI=1S/C16H23N3OS/c1-13-3-2-4-14(9-13)10-18-5-7-19(8-6-18)16(20)15-11-21-12-17-15/h2-4,9,15,17H,5-8,10-12H2,1H3. The van der Waals surface area contributed by atoms with E-state index in [0.717, 1.165) is 44.4 Å². The summed E-state index contributed by atoms with van der Waals surface area (Å²) in [7, 11) is 0. The van der Waals surface area contributed by atoms with Crippen LogP contribution in [0.25, 0.3) is 0 Å². The molecular formula is C16H23N3OS. The third-order valence-electron chi connectivity index (χ3n) is 4.19. The van der Waals surface area contributed by atoms with Gasteiger partial charge in [0, 0.05) is 44.4 Å². The molecule has 5 heteroatoms. The van der Waals surface area contributed by atoms with Crippen LogP contribution in [0.1, 0.15) is 11.1 Å². The van der Waals surface area contributed by atoms with Crippen LogP contribution in [0.4, 0.5) is 0 Å². The van der Waals surface area contributed by atoms with Crippen molar-refractivity contribution < 1.29 is 4.79 Å². The van der Waals surface area contributed by atoms with Gasteiger partial charge in [0.25, 0.3) is 0 Å². The van der Waals surface area contributed by atoms with Crippen LogP contribution in [0.15, 0.2) is 24.3 Å². The van der Waals surface area contributed by atoms with Gasteiger partial charge in [-0.25, -0.2) is 0 Å². The molecular weight excluding hydrogens is 282 g/mol. The summed E-state index contributed by atoms with van der Waals surface area (Å²) >= 11 is 1.81. The van der Waals surface area contributed by atoms with Crippen molar-refractivity contribution in [3.8, 4) is 0 Å². The fraction of sp³-hybridized carbons (Fsp3) is 0.562. The average molecular weight is 305 g/mol. The summed E-state index contributed by atoms with van der Waals surface area (Å²) in [4.78, 5) is 16.8. The second kappa shape index (κ2) is 6.81. The van der Waals surface area contributed by atoms with Crippen LogP contribution >= 0.6 is 11.8 Å². The highest BCUT2D eigenvalue weighted by Gasteiger charge is 2.29. The summed E-state index contributed by atoms with van der Waals surface area (Å²) in [6, 6.07) is 8.72. The van der Waals surface area contributed by atoms with Crippen molar-refractivity contribution >= 4 is 17.7 Å². The highest BCUT2D eigenvalue weighted by molar-refractivity contribution is 7.99. The van der Waals surface area contributed by atoms with Crippen molar-refractivity contribution in [3.63, 3.8) is 0 Å². The van der Waals surface area contributed by atoms with Gasteiger partial charge >= 0.3 is 0 Å². The second-order valence-electron chi connectivity index (χ2n) is 5.86. The smallest absolute Gasteiger partial charge is 0.240 e. The monoisotopic (exact) mass is 305 g/mol. The lowest BCUT2D eigenvalue weighted by Gasteiger charge is -2.35. The Morgan fingerprint density at radius 2 is 2.14 bits per heavy atom. The number of nitrogens with zero attached hydrogens (tertiary/aromatic N) is 2. The number of carbonyl (C=O) groups is 1. The van der Waals surface area contributed by atoms with E-state index in [1.54, 1.807) is 0 Å². The van der Waals surface area contributed by atoms with Gasteiger partial charge in [0.05, 0.1) is 6.04 Å². The molecule has 2 heterocycles. The Kier molecular flexibility index (Phi) is 4.83. The predicted octanol–water partition coefficient (Wildman–Crippen LogP) is 1.30. The minimum absolute atomic E-state index is 0.0401. The summed E-state index contributed by atoms with van der Waals surface area (Å²) < 4.78 is 0. The minimum atomic E-state index is 0.0401. The number of nitrogens with one attached hydrogen (secondary N) is 1. The molecule has 114 valence electrons. The lowest BCUT2D eigenvalue weighted by Crippen LogP contribution is -2.53. The molecule has 0 aromatic heterocycles. The van der Waals surface area contributed by atoms with Crippen LogP contribution in [0.2, 0.25) is 0 Å². The molecule has 1 unspecified atom stereocenters. The van der Waals surface area contributed by atoms with Crippen molar-refractivity contribution in [2.75, 3.05) is 37.8 Å². The Labute approximate surface area is 130 Å². The highest BCUT2D eigenvalue weighted by atomic mass is 32.2. The highest BCUT2D eigenvalue weighted by Crippen LogP contribution is 2.14. The van der Waals surface area contributed by atoms with Crippen LogP contribution in [-0.2, 0) is 11.3 Å². The Morgan fingerprint density at radius 1 is 1.33 bits per heavy atom. The fourth-order valence-corrected chi connectivity index (χ4v) is 3.90. The molecule has 3 rings (SSSR count). The van der Waals surface area contributed by atoms with E-state index in [1.807, 2.05) is 16.7 Å². The van der Waals surface area contributed by atoms with Crippen molar-refractivity contribution in [1.82, 2.24) is 15.1 Å². The number of thioether (sulfide) groups is 1. The molecule has 4 nitrogen and oxygen atoms in total. The molecule has 2 aliphatic heterocycles. The van der Waals surface area contributed by atoms with Gasteiger partial charge in [-0.1, -0.05) is 29.8 Å². The first-order valence-corrected chi connectivity index (χ1v) is 8.75. The molecule has 1 N–H and O–H groups in total. The first kappa shape index (κ1) is 14.9. The normalized spacial score (nSPS) is 23.5. The number of hydrogen-bond donors (Lipinski definition) is 1. The summed E-state index contributed by atoms with van der Waals surface area (Å²) in [5, 5.41) is 3.27. The third-order valence-corrected chi connectivity index (χ3v) is 5.13. The van der Waals surface area contributed by atoms with Crippen molar-refractivity contribution in [3.05, 3.63) is 35.4 Å². The SMILES string of the molecule is Cc1cccc(CN2CCN(C(=O)C3CSCN3)CC2)c1. The number of benzene rings is 1. The largest absolute Gasteiger partial charge is 0.339 e. The fourth-order valence-electron chi connectivity index (χ4n) is 2.97. The van der Waals surface area contributed by atoms with E-state index in [9.17, 15) is 4.79 Å². The Hall–Kier alpha value is -1.04. The Balaban J connectivity index is 1.49. The maximum Gasteiger partial charge on any atom is 0.240 e. The quantitative estimate of drug-likeness (QED) is 0.913. The average Bonchev–Trinajstić information content (AvgIpc) is 3.01. The van der Waals surface area contributed by atoms with E-state index < -0.39 is 0 Å². The van der Waals surface area contributed by atoms with Crippen molar-refractivity contribution in [2.24, 2.45) is 0 Å². The maximum atomic E-state index is 12.3. The van der Waals surface area contributed by atoms with Gasteiger partial charge < -0.3 is 4.90 Å². The van der Waals surface area contributed by atoms with Gasteiger partial charge in [-0.15, -0.1) is 11.8 Å². The first-order chi connectivity index (χ1) is 10.2. The van der Waals surface area contributed by atoms with E-state index in [-0.39, 0.29) is 11.9 Å². The molecule has 21 heavy (non-hydrogen) atoms. The first-order valence-electron chi connectivity index (χ1n) is 7.60. The summed E-state index contributed by atoms with van der Waals surface area (Å²) in [5.74, 6) is 2.11. The van der Waals surface area contributed by atoms with Gasteiger partial charge in [-0.3, -0.25) is 15.0 Å². The molecule has 0 aliphatic carbocycles. The summed E-state index contributed by atoms with van der Waals surface area (Å²) in [5.41, 5.74) is 2.68. The molecule has 1 atom stereocenters. The molecule has 0 saturated carbocycles. The number of rotatable bonds is 3. The molecule has 2 fully saturated rings. The molecule has 0 bridgehead atoms. The molecule has 0 spiro atoms. The number of carbonyl (C=O) groups excluding carboxylic acids is 1. The van der Waals surface area contributed by atoms with Gasteiger partial charge in [0.1, 0.15) is 0 Å². The number of aryl methyl sites for hydroxylation is 1. The van der Waals surface area contributed by atoms with E-state index >= 15 is 0 Å². The van der Waals surface area contributed by atoms with Gasteiger partial charge in [-0.2, -0.15) is 0 Å². The van der Waals surface area contributed by atoms with E-state index in [4.69, 9.17) is 0 Å². The molecule has 1 aromatic rings. The van der Waals surface area contributed by atoms with Crippen molar-refractivity contribution in [2.45, 2.75) is 19.5 Å². The maximum absolute atomic E-state index is 12.3. The van der Waals surface area contributed by atoms with Crippen molar-refractivity contribution in [1.29, 1.82) is 0 Å². The van der Waals surface area contributed by atoms with Crippen LogP contribution in [0.5, 0.6) is 0 Å². The zero-order valence-corrected chi connectivity index (χ0v) is 13.4.